The molecule has 1 aromatic heterocycles. The highest BCUT2D eigenvalue weighted by Crippen LogP contribution is 2.23. The van der Waals surface area contributed by atoms with Crippen LogP contribution in [0.3, 0.4) is 0 Å². The lowest BCUT2D eigenvalue weighted by molar-refractivity contribution is 0.0487. The van der Waals surface area contributed by atoms with Gasteiger partial charge in [0.25, 0.3) is 11.5 Å². The quantitative estimate of drug-likeness (QED) is 0.909. The first-order valence-electron chi connectivity index (χ1n) is 8.30. The summed E-state index contributed by atoms with van der Waals surface area (Å²) in [4.78, 5) is 29.7. The van der Waals surface area contributed by atoms with E-state index in [0.29, 0.717) is 12.2 Å². The normalized spacial score (nSPS) is 20.8. The van der Waals surface area contributed by atoms with Crippen molar-refractivity contribution in [2.45, 2.75) is 25.8 Å². The molecule has 2 unspecified atom stereocenters. The first-order chi connectivity index (χ1) is 11.6. The Hall–Kier alpha value is -2.40. The first kappa shape index (κ1) is 16.5. The second-order valence-electron chi connectivity index (χ2n) is 6.41. The molecule has 1 fully saturated rings. The van der Waals surface area contributed by atoms with E-state index in [1.165, 1.54) is 0 Å². The number of carbonyl (C=O) groups excluding carboxylic acids is 1. The zero-order chi connectivity index (χ0) is 17.1. The minimum absolute atomic E-state index is 0.0692. The van der Waals surface area contributed by atoms with Crippen LogP contribution in [0.4, 0.5) is 0 Å². The summed E-state index contributed by atoms with van der Waals surface area (Å²) < 4.78 is 0. The van der Waals surface area contributed by atoms with Gasteiger partial charge in [0.05, 0.1) is 0 Å². The number of likely N-dealkylation sites (tertiary alicyclic amines) is 1. The van der Waals surface area contributed by atoms with Crippen molar-refractivity contribution in [2.75, 3.05) is 13.2 Å². The number of aromatic nitrogens is 1. The Balaban J connectivity index is 1.87. The Morgan fingerprint density at radius 1 is 1.21 bits per heavy atom. The van der Waals surface area contributed by atoms with Crippen LogP contribution in [0.25, 0.3) is 11.3 Å². The highest BCUT2D eigenvalue weighted by atomic mass is 16.3. The van der Waals surface area contributed by atoms with Crippen LogP contribution in [0, 0.1) is 5.92 Å². The molecule has 1 aliphatic rings. The molecule has 2 atom stereocenters. The number of piperidine rings is 1. The van der Waals surface area contributed by atoms with Crippen LogP contribution in [0.2, 0.25) is 0 Å². The summed E-state index contributed by atoms with van der Waals surface area (Å²) in [6.07, 6.45) is 1.75. The number of hydrogen-bond acceptors (Lipinski definition) is 3. The third kappa shape index (κ3) is 3.26. The van der Waals surface area contributed by atoms with Crippen LogP contribution in [-0.2, 0) is 0 Å². The van der Waals surface area contributed by atoms with E-state index >= 15 is 0 Å². The van der Waals surface area contributed by atoms with Gasteiger partial charge in [-0.05, 0) is 43.4 Å². The zero-order valence-electron chi connectivity index (χ0n) is 13.7. The molecule has 0 saturated carbocycles. The van der Waals surface area contributed by atoms with Gasteiger partial charge in [0.1, 0.15) is 5.56 Å². The number of amides is 1. The van der Waals surface area contributed by atoms with Gasteiger partial charge in [-0.3, -0.25) is 9.59 Å². The van der Waals surface area contributed by atoms with Gasteiger partial charge >= 0.3 is 0 Å². The summed E-state index contributed by atoms with van der Waals surface area (Å²) >= 11 is 0. The number of rotatable bonds is 3. The molecule has 3 rings (SSSR count). The zero-order valence-corrected chi connectivity index (χ0v) is 13.7. The van der Waals surface area contributed by atoms with Crippen molar-refractivity contribution < 1.29 is 9.90 Å². The van der Waals surface area contributed by atoms with E-state index in [0.717, 1.165) is 18.4 Å². The van der Waals surface area contributed by atoms with E-state index < -0.39 is 0 Å². The van der Waals surface area contributed by atoms with E-state index in [9.17, 15) is 14.7 Å². The van der Waals surface area contributed by atoms with Gasteiger partial charge in [0.15, 0.2) is 0 Å². The second kappa shape index (κ2) is 7.01. The molecule has 0 bridgehead atoms. The maximum absolute atomic E-state index is 12.8. The monoisotopic (exact) mass is 326 g/mol. The molecule has 0 radical (unpaired) electrons. The van der Waals surface area contributed by atoms with Crippen molar-refractivity contribution in [3.63, 3.8) is 0 Å². The first-order valence-corrected chi connectivity index (χ1v) is 8.30. The maximum Gasteiger partial charge on any atom is 0.261 e. The lowest BCUT2D eigenvalue weighted by Gasteiger charge is -2.37. The SMILES string of the molecule is CC1CCC(CO)CN1C(=O)c1ccc(-c2ccccc2)[nH]c1=O. The Morgan fingerprint density at radius 2 is 1.96 bits per heavy atom. The molecular weight excluding hydrogens is 304 g/mol. The van der Waals surface area contributed by atoms with Gasteiger partial charge in [-0.2, -0.15) is 0 Å². The molecule has 1 saturated heterocycles. The average Bonchev–Trinajstić information content (AvgIpc) is 2.62. The van der Waals surface area contributed by atoms with Crippen LogP contribution in [0.15, 0.2) is 47.3 Å². The van der Waals surface area contributed by atoms with Crippen molar-refractivity contribution in [3.05, 3.63) is 58.4 Å². The van der Waals surface area contributed by atoms with Crippen molar-refractivity contribution in [1.82, 2.24) is 9.88 Å². The minimum Gasteiger partial charge on any atom is -0.396 e. The van der Waals surface area contributed by atoms with E-state index in [-0.39, 0.29) is 35.6 Å². The molecule has 0 spiro atoms. The summed E-state index contributed by atoms with van der Waals surface area (Å²) in [6, 6.07) is 13.0. The molecule has 2 heterocycles. The molecule has 5 nitrogen and oxygen atoms in total. The smallest absolute Gasteiger partial charge is 0.261 e. The standard InChI is InChI=1S/C19H22N2O3/c1-13-7-8-14(12-22)11-21(13)19(24)16-9-10-17(20-18(16)23)15-5-3-2-4-6-15/h2-6,9-10,13-14,22H,7-8,11-12H2,1H3,(H,20,23). The number of aliphatic hydroxyl groups is 1. The van der Waals surface area contributed by atoms with E-state index in [1.807, 2.05) is 37.3 Å². The van der Waals surface area contributed by atoms with Gasteiger partial charge < -0.3 is 15.0 Å². The number of aromatic amines is 1. The van der Waals surface area contributed by atoms with E-state index in [1.54, 1.807) is 17.0 Å². The summed E-state index contributed by atoms with van der Waals surface area (Å²) in [5, 5.41) is 9.36. The summed E-state index contributed by atoms with van der Waals surface area (Å²) in [7, 11) is 0. The molecular formula is C19H22N2O3. The van der Waals surface area contributed by atoms with Gasteiger partial charge in [0, 0.05) is 24.9 Å². The topological polar surface area (TPSA) is 73.4 Å². The predicted octanol–water partition coefficient (Wildman–Crippen LogP) is 2.27. The second-order valence-corrected chi connectivity index (χ2v) is 6.41. The lowest BCUT2D eigenvalue weighted by Crippen LogP contribution is -2.47. The van der Waals surface area contributed by atoms with Gasteiger partial charge in [-0.25, -0.2) is 0 Å². The number of aliphatic hydroxyl groups excluding tert-OH is 1. The molecule has 1 aromatic carbocycles. The molecule has 0 aliphatic carbocycles. The van der Waals surface area contributed by atoms with Gasteiger partial charge in [-0.15, -0.1) is 0 Å². The molecule has 5 heteroatoms. The largest absolute Gasteiger partial charge is 0.396 e. The highest BCUT2D eigenvalue weighted by Gasteiger charge is 2.30. The fourth-order valence-electron chi connectivity index (χ4n) is 3.20. The van der Waals surface area contributed by atoms with Crippen molar-refractivity contribution in [2.24, 2.45) is 5.92 Å². The fourth-order valence-corrected chi connectivity index (χ4v) is 3.20. The van der Waals surface area contributed by atoms with Crippen LogP contribution < -0.4 is 5.56 Å². The summed E-state index contributed by atoms with van der Waals surface area (Å²) in [5.74, 6) is -0.172. The Kier molecular flexibility index (Phi) is 4.81. The lowest BCUT2D eigenvalue weighted by atomic mass is 9.93. The minimum atomic E-state index is -0.375. The summed E-state index contributed by atoms with van der Waals surface area (Å²) in [6.45, 7) is 2.55. The maximum atomic E-state index is 12.8. The Labute approximate surface area is 140 Å². The molecule has 1 amide bonds. The van der Waals surface area contributed by atoms with Crippen molar-refractivity contribution in [1.29, 1.82) is 0 Å². The number of pyridine rings is 1. The van der Waals surface area contributed by atoms with E-state index in [2.05, 4.69) is 4.98 Å². The van der Waals surface area contributed by atoms with Crippen molar-refractivity contribution >= 4 is 5.91 Å². The Bertz CT molecular complexity index is 770. The molecule has 126 valence electrons. The van der Waals surface area contributed by atoms with Crippen LogP contribution in [0.5, 0.6) is 0 Å². The average molecular weight is 326 g/mol. The highest BCUT2D eigenvalue weighted by molar-refractivity contribution is 5.94. The van der Waals surface area contributed by atoms with Crippen molar-refractivity contribution in [3.8, 4) is 11.3 Å². The molecule has 2 aromatic rings. The molecule has 24 heavy (non-hydrogen) atoms. The third-order valence-corrected chi connectivity index (χ3v) is 4.72. The third-order valence-electron chi connectivity index (χ3n) is 4.72. The number of nitrogens with zero attached hydrogens (tertiary/aromatic N) is 1. The van der Waals surface area contributed by atoms with E-state index in [4.69, 9.17) is 0 Å². The van der Waals surface area contributed by atoms with Crippen LogP contribution in [-0.4, -0.2) is 40.1 Å². The number of carbonyl (C=O) groups is 1. The number of benzene rings is 1. The number of H-pyrrole nitrogens is 1. The predicted molar refractivity (Wildman–Crippen MR) is 92.8 cm³/mol. The Morgan fingerprint density at radius 3 is 2.62 bits per heavy atom. The fraction of sp³-hybridized carbons (Fsp3) is 0.368. The van der Waals surface area contributed by atoms with Gasteiger partial charge in [0.2, 0.25) is 0 Å². The van der Waals surface area contributed by atoms with Gasteiger partial charge in [-0.1, -0.05) is 30.3 Å². The molecule has 1 aliphatic heterocycles. The number of hydrogen-bond donors (Lipinski definition) is 2. The van der Waals surface area contributed by atoms with Crippen LogP contribution >= 0.6 is 0 Å². The molecule has 2 N–H and O–H groups in total. The number of nitrogens with one attached hydrogen (secondary N) is 1. The van der Waals surface area contributed by atoms with Crippen LogP contribution in [0.1, 0.15) is 30.1 Å². The summed E-state index contributed by atoms with van der Waals surface area (Å²) in [5.41, 5.74) is 1.37.